The Labute approximate surface area is 197 Å². The first-order valence-electron chi connectivity index (χ1n) is 10.7. The van der Waals surface area contributed by atoms with Crippen molar-refractivity contribution in [2.45, 2.75) is 19.6 Å². The summed E-state index contributed by atoms with van der Waals surface area (Å²) in [6, 6.07) is 13.3. The van der Waals surface area contributed by atoms with Gasteiger partial charge in [0, 0.05) is 30.8 Å². The lowest BCUT2D eigenvalue weighted by atomic mass is 9.97. The molecule has 3 heterocycles. The molecule has 1 aliphatic heterocycles. The van der Waals surface area contributed by atoms with Crippen molar-refractivity contribution in [1.82, 2.24) is 20.2 Å². The Balaban J connectivity index is 1.40. The van der Waals surface area contributed by atoms with Crippen LogP contribution in [0.5, 0.6) is 0 Å². The van der Waals surface area contributed by atoms with Gasteiger partial charge in [0.25, 0.3) is 5.89 Å². The minimum Gasteiger partial charge on any atom is -0.481 e. The van der Waals surface area contributed by atoms with Gasteiger partial charge in [0.1, 0.15) is 11.3 Å². The summed E-state index contributed by atoms with van der Waals surface area (Å²) in [4.78, 5) is 17.1. The molecule has 2 aromatic heterocycles. The van der Waals surface area contributed by atoms with Crippen LogP contribution >= 0.6 is 0 Å². The van der Waals surface area contributed by atoms with Gasteiger partial charge in [-0.05, 0) is 24.1 Å². The molecule has 1 saturated heterocycles. The van der Waals surface area contributed by atoms with Crippen molar-refractivity contribution < 1.29 is 32.1 Å². The molecule has 5 rings (SSSR count). The summed E-state index contributed by atoms with van der Waals surface area (Å²) < 4.78 is 51.9. The second-order valence-electron chi connectivity index (χ2n) is 8.39. The first-order valence-corrected chi connectivity index (χ1v) is 10.7. The number of hydrogen-bond acceptors (Lipinski definition) is 7. The molecule has 0 aliphatic carbocycles. The molecule has 0 radical (unpaired) electrons. The van der Waals surface area contributed by atoms with E-state index in [0.29, 0.717) is 25.2 Å². The topological polar surface area (TPSA) is 105 Å². The van der Waals surface area contributed by atoms with Gasteiger partial charge in [-0.15, -0.1) is 0 Å². The molecule has 0 unspecified atom stereocenters. The maximum Gasteiger partial charge on any atom is 0.422 e. The Hall–Kier alpha value is -3.99. The highest BCUT2D eigenvalue weighted by atomic mass is 19.4. The maximum atomic E-state index is 13.9. The number of aliphatic carboxylic acids is 1. The van der Waals surface area contributed by atoms with Crippen LogP contribution in [0.4, 0.5) is 13.2 Å². The van der Waals surface area contributed by atoms with Crippen LogP contribution in [-0.2, 0) is 17.5 Å². The number of aryl methyl sites for hydroxylation is 1. The molecule has 4 aromatic rings. The second kappa shape index (κ2) is 8.66. The fourth-order valence-corrected chi connectivity index (χ4v) is 4.03. The van der Waals surface area contributed by atoms with Crippen LogP contribution in [-0.4, -0.2) is 44.4 Å². The first kappa shape index (κ1) is 22.8. The summed E-state index contributed by atoms with van der Waals surface area (Å²) in [6.45, 7) is 3.48. The van der Waals surface area contributed by atoms with E-state index in [1.54, 1.807) is 30.3 Å². The standard InChI is InChI=1S/C24H19F3N4O4/c1-13-9-15(7-8-16(13)10-31-11-17(12-31)23(32)33)21-28-22(35-30-21)20-18(24(25,26)27)19(29-34-20)14-5-3-2-4-6-14/h2-9,17H,10-12H2,1H3,(H,32,33). The molecule has 0 saturated carbocycles. The van der Waals surface area contributed by atoms with E-state index in [9.17, 15) is 18.0 Å². The van der Waals surface area contributed by atoms with Crippen molar-refractivity contribution in [2.24, 2.45) is 5.92 Å². The van der Waals surface area contributed by atoms with E-state index in [1.807, 2.05) is 17.9 Å². The van der Waals surface area contributed by atoms with E-state index in [-0.39, 0.29) is 23.0 Å². The van der Waals surface area contributed by atoms with Gasteiger partial charge in [-0.1, -0.05) is 52.8 Å². The summed E-state index contributed by atoms with van der Waals surface area (Å²) >= 11 is 0. The number of hydrogen-bond donors (Lipinski definition) is 1. The van der Waals surface area contributed by atoms with E-state index in [1.165, 1.54) is 12.1 Å². The summed E-state index contributed by atoms with van der Waals surface area (Å²) in [5.74, 6) is -2.10. The van der Waals surface area contributed by atoms with Gasteiger partial charge in [-0.2, -0.15) is 18.2 Å². The van der Waals surface area contributed by atoms with Crippen molar-refractivity contribution in [3.63, 3.8) is 0 Å². The average molecular weight is 484 g/mol. The summed E-state index contributed by atoms with van der Waals surface area (Å²) in [5.41, 5.74) is 1.28. The first-order chi connectivity index (χ1) is 16.7. The van der Waals surface area contributed by atoms with Crippen molar-refractivity contribution in [3.05, 3.63) is 65.2 Å². The Morgan fingerprint density at radius 1 is 1.09 bits per heavy atom. The smallest absolute Gasteiger partial charge is 0.422 e. The van der Waals surface area contributed by atoms with Crippen LogP contribution in [0, 0.1) is 12.8 Å². The molecule has 0 atom stereocenters. The predicted octanol–water partition coefficient (Wildman–Crippen LogP) is 4.90. The maximum absolute atomic E-state index is 13.9. The third kappa shape index (κ3) is 4.42. The van der Waals surface area contributed by atoms with Crippen LogP contribution in [0.3, 0.4) is 0 Å². The van der Waals surface area contributed by atoms with Crippen LogP contribution in [0.25, 0.3) is 34.3 Å². The molecule has 11 heteroatoms. The number of aromatic nitrogens is 3. The molecule has 0 amide bonds. The van der Waals surface area contributed by atoms with Crippen molar-refractivity contribution in [1.29, 1.82) is 0 Å². The molecule has 8 nitrogen and oxygen atoms in total. The monoisotopic (exact) mass is 484 g/mol. The van der Waals surface area contributed by atoms with Crippen molar-refractivity contribution in [3.8, 4) is 34.3 Å². The molecular weight excluding hydrogens is 465 g/mol. The number of carbonyl (C=O) groups is 1. The van der Waals surface area contributed by atoms with E-state index in [0.717, 1.165) is 11.1 Å². The van der Waals surface area contributed by atoms with Crippen LogP contribution in [0.2, 0.25) is 0 Å². The van der Waals surface area contributed by atoms with Gasteiger partial charge in [0.15, 0.2) is 0 Å². The lowest BCUT2D eigenvalue weighted by molar-refractivity contribution is -0.147. The molecule has 180 valence electrons. The number of alkyl halides is 3. The number of benzene rings is 2. The van der Waals surface area contributed by atoms with Crippen LogP contribution in [0.1, 0.15) is 16.7 Å². The largest absolute Gasteiger partial charge is 0.481 e. The minimum atomic E-state index is -4.76. The Kier molecular flexibility index (Phi) is 5.64. The van der Waals surface area contributed by atoms with E-state index in [4.69, 9.17) is 14.2 Å². The molecule has 2 aromatic carbocycles. The predicted molar refractivity (Wildman–Crippen MR) is 117 cm³/mol. The van der Waals surface area contributed by atoms with Gasteiger partial charge in [0.05, 0.1) is 5.92 Å². The highest BCUT2D eigenvalue weighted by Crippen LogP contribution is 2.43. The third-order valence-electron chi connectivity index (χ3n) is 5.94. The zero-order valence-corrected chi connectivity index (χ0v) is 18.4. The summed E-state index contributed by atoms with van der Waals surface area (Å²) in [7, 11) is 0. The van der Waals surface area contributed by atoms with Crippen molar-refractivity contribution >= 4 is 5.97 Å². The van der Waals surface area contributed by atoms with Crippen molar-refractivity contribution in [2.75, 3.05) is 13.1 Å². The van der Waals surface area contributed by atoms with E-state index >= 15 is 0 Å². The van der Waals surface area contributed by atoms with Crippen LogP contribution < -0.4 is 0 Å². The van der Waals surface area contributed by atoms with Gasteiger partial charge >= 0.3 is 12.1 Å². The number of halogens is 3. The molecule has 35 heavy (non-hydrogen) atoms. The number of carboxylic acids is 1. The fourth-order valence-electron chi connectivity index (χ4n) is 4.03. The molecule has 1 N–H and O–H groups in total. The Morgan fingerprint density at radius 3 is 2.49 bits per heavy atom. The number of likely N-dealkylation sites (tertiary alicyclic amines) is 1. The van der Waals surface area contributed by atoms with Gasteiger partial charge in [0.2, 0.25) is 11.6 Å². The fraction of sp³-hybridized carbons (Fsp3) is 0.250. The zero-order valence-electron chi connectivity index (χ0n) is 18.4. The number of nitrogens with zero attached hydrogens (tertiary/aromatic N) is 4. The molecule has 1 fully saturated rings. The molecular formula is C24H19F3N4O4. The van der Waals surface area contributed by atoms with E-state index < -0.39 is 29.4 Å². The third-order valence-corrected chi connectivity index (χ3v) is 5.94. The normalized spacial score (nSPS) is 14.7. The molecule has 1 aliphatic rings. The lowest BCUT2D eigenvalue weighted by Gasteiger charge is -2.36. The Morgan fingerprint density at radius 2 is 1.83 bits per heavy atom. The Bertz CT molecular complexity index is 1380. The van der Waals surface area contributed by atoms with Gasteiger partial charge in [-0.3, -0.25) is 9.69 Å². The number of rotatable bonds is 6. The highest BCUT2D eigenvalue weighted by Gasteiger charge is 2.43. The highest BCUT2D eigenvalue weighted by molar-refractivity contribution is 5.72. The van der Waals surface area contributed by atoms with E-state index in [2.05, 4.69) is 15.3 Å². The summed E-state index contributed by atoms with van der Waals surface area (Å²) in [6.07, 6.45) is -4.76. The number of carboxylic acid groups (broad SMARTS) is 1. The van der Waals surface area contributed by atoms with Gasteiger partial charge < -0.3 is 14.2 Å². The second-order valence-corrected chi connectivity index (χ2v) is 8.39. The summed E-state index contributed by atoms with van der Waals surface area (Å²) in [5, 5.41) is 16.5. The molecule has 0 bridgehead atoms. The van der Waals surface area contributed by atoms with Crippen LogP contribution in [0.15, 0.2) is 57.6 Å². The lowest BCUT2D eigenvalue weighted by Crippen LogP contribution is -2.49. The zero-order chi connectivity index (χ0) is 24.7. The quantitative estimate of drug-likeness (QED) is 0.412. The SMILES string of the molecule is Cc1cc(-c2noc(-c3onc(-c4ccccc4)c3C(F)(F)F)n2)ccc1CN1CC(C(=O)O)C1. The average Bonchev–Trinajstić information content (AvgIpc) is 3.44. The van der Waals surface area contributed by atoms with Gasteiger partial charge in [-0.25, -0.2) is 0 Å². The minimum absolute atomic E-state index is 0.107. The molecule has 0 spiro atoms.